The molecule has 3 aromatic rings. The summed E-state index contributed by atoms with van der Waals surface area (Å²) in [7, 11) is 0. The van der Waals surface area contributed by atoms with Crippen molar-refractivity contribution in [1.29, 1.82) is 0 Å². The summed E-state index contributed by atoms with van der Waals surface area (Å²) in [5, 5.41) is 22.8. The zero-order valence-corrected chi connectivity index (χ0v) is 15.3. The van der Waals surface area contributed by atoms with Crippen molar-refractivity contribution >= 4 is 22.8 Å². The van der Waals surface area contributed by atoms with E-state index in [1.54, 1.807) is 12.3 Å². The van der Waals surface area contributed by atoms with E-state index in [1.807, 2.05) is 44.2 Å². The van der Waals surface area contributed by atoms with Crippen LogP contribution in [0.2, 0.25) is 0 Å². The molecule has 8 nitrogen and oxygen atoms in total. The second kappa shape index (κ2) is 8.50. The van der Waals surface area contributed by atoms with E-state index >= 15 is 0 Å². The largest absolute Gasteiger partial charge is 0.473 e. The van der Waals surface area contributed by atoms with Crippen molar-refractivity contribution in [2.24, 2.45) is 0 Å². The molecule has 0 aliphatic rings. The van der Waals surface area contributed by atoms with E-state index in [0.717, 1.165) is 5.56 Å². The number of hydrogen-bond donors (Lipinski definition) is 4. The minimum absolute atomic E-state index is 0.132. The van der Waals surface area contributed by atoms with Crippen molar-refractivity contribution in [2.75, 3.05) is 11.9 Å². The molecule has 0 radical (unpaired) electrons. The number of carbonyl (C=O) groups excluding carboxylic acids is 1. The van der Waals surface area contributed by atoms with Gasteiger partial charge in [0.25, 0.3) is 0 Å². The Morgan fingerprint density at radius 1 is 1.33 bits per heavy atom. The zero-order chi connectivity index (χ0) is 19.2. The number of ether oxygens (including phenoxy) is 1. The van der Waals surface area contributed by atoms with Crippen LogP contribution in [0.1, 0.15) is 31.9 Å². The van der Waals surface area contributed by atoms with Crippen LogP contribution in [0.4, 0.5) is 10.6 Å². The molecule has 8 heteroatoms. The molecular weight excluding hydrogens is 346 g/mol. The Morgan fingerprint density at radius 3 is 2.85 bits per heavy atom. The molecule has 0 aliphatic heterocycles. The number of fused-ring (bicyclic) bond motifs is 1. The summed E-state index contributed by atoms with van der Waals surface area (Å²) in [6, 6.07) is 10.9. The van der Waals surface area contributed by atoms with E-state index in [1.165, 1.54) is 0 Å². The van der Waals surface area contributed by atoms with E-state index < -0.39 is 6.10 Å². The molecule has 0 spiro atoms. The first kappa shape index (κ1) is 18.7. The van der Waals surface area contributed by atoms with Gasteiger partial charge in [0.2, 0.25) is 5.88 Å². The molecule has 4 N–H and O–H groups in total. The maximum absolute atomic E-state index is 12.2. The molecule has 27 heavy (non-hydrogen) atoms. The van der Waals surface area contributed by atoms with E-state index in [0.29, 0.717) is 29.0 Å². The van der Waals surface area contributed by atoms with Crippen molar-refractivity contribution in [1.82, 2.24) is 20.5 Å². The number of carbonyl (C=O) groups is 1. The van der Waals surface area contributed by atoms with Gasteiger partial charge in [0.05, 0.1) is 23.0 Å². The Labute approximate surface area is 157 Å². The average molecular weight is 369 g/mol. The molecule has 3 rings (SSSR count). The number of urea groups is 1. The molecule has 1 unspecified atom stereocenters. The number of H-pyrrole nitrogens is 1. The first-order chi connectivity index (χ1) is 13.1. The minimum Gasteiger partial charge on any atom is -0.473 e. The predicted octanol–water partition coefficient (Wildman–Crippen LogP) is 2.99. The zero-order valence-electron chi connectivity index (χ0n) is 15.3. The molecule has 0 fully saturated rings. The van der Waals surface area contributed by atoms with Crippen molar-refractivity contribution < 1.29 is 14.6 Å². The number of benzene rings is 1. The van der Waals surface area contributed by atoms with Crippen LogP contribution < -0.4 is 15.4 Å². The number of rotatable bonds is 7. The highest BCUT2D eigenvalue weighted by molar-refractivity contribution is 5.92. The second-order valence-electron chi connectivity index (χ2n) is 6.25. The lowest BCUT2D eigenvalue weighted by atomic mass is 10.1. The van der Waals surface area contributed by atoms with Gasteiger partial charge < -0.3 is 15.2 Å². The highest BCUT2D eigenvalue weighted by Crippen LogP contribution is 2.23. The van der Waals surface area contributed by atoms with E-state index in [-0.39, 0.29) is 18.7 Å². The van der Waals surface area contributed by atoms with Crippen LogP contribution in [-0.2, 0) is 0 Å². The maximum Gasteiger partial charge on any atom is 0.320 e. The highest BCUT2D eigenvalue weighted by atomic mass is 16.5. The van der Waals surface area contributed by atoms with Gasteiger partial charge in [-0.3, -0.25) is 10.4 Å². The fraction of sp³-hybridized carbons (Fsp3) is 0.316. The summed E-state index contributed by atoms with van der Waals surface area (Å²) in [6.07, 6.45) is 1.63. The summed E-state index contributed by atoms with van der Waals surface area (Å²) in [5.41, 5.74) is 1.69. The van der Waals surface area contributed by atoms with Gasteiger partial charge in [-0.05, 0) is 18.9 Å². The lowest BCUT2D eigenvalue weighted by Gasteiger charge is -2.14. The summed E-state index contributed by atoms with van der Waals surface area (Å²) in [5.74, 6) is 0.766. The van der Waals surface area contributed by atoms with Crippen LogP contribution >= 0.6 is 0 Å². The number of pyridine rings is 1. The molecule has 2 aromatic heterocycles. The molecule has 2 amide bonds. The van der Waals surface area contributed by atoms with Gasteiger partial charge in [0, 0.05) is 12.3 Å². The van der Waals surface area contributed by atoms with E-state index in [4.69, 9.17) is 4.74 Å². The maximum atomic E-state index is 12.2. The SMILES string of the molecule is CCC(O)COc1n[nH]c2cc(NC(=O)N[C@H](C)c3ccccc3)ncc12. The highest BCUT2D eigenvalue weighted by Gasteiger charge is 2.13. The predicted molar refractivity (Wildman–Crippen MR) is 103 cm³/mol. The summed E-state index contributed by atoms with van der Waals surface area (Å²) >= 11 is 0. The Kier molecular flexibility index (Phi) is 5.87. The first-order valence-corrected chi connectivity index (χ1v) is 8.84. The number of aromatic nitrogens is 3. The second-order valence-corrected chi connectivity index (χ2v) is 6.25. The van der Waals surface area contributed by atoms with Gasteiger partial charge >= 0.3 is 6.03 Å². The van der Waals surface area contributed by atoms with Crippen LogP contribution in [0, 0.1) is 0 Å². The molecular formula is C19H23N5O3. The quantitative estimate of drug-likeness (QED) is 0.511. The molecule has 2 heterocycles. The minimum atomic E-state index is -0.541. The third-order valence-electron chi connectivity index (χ3n) is 4.18. The van der Waals surface area contributed by atoms with Crippen LogP contribution in [0.15, 0.2) is 42.6 Å². The number of aliphatic hydroxyl groups excluding tert-OH is 1. The number of nitrogens with zero attached hydrogens (tertiary/aromatic N) is 2. The molecule has 0 aliphatic carbocycles. The van der Waals surface area contributed by atoms with Gasteiger partial charge in [-0.25, -0.2) is 9.78 Å². The van der Waals surface area contributed by atoms with E-state index in [9.17, 15) is 9.90 Å². The summed E-state index contributed by atoms with van der Waals surface area (Å²) in [6.45, 7) is 3.95. The molecule has 2 atom stereocenters. The Hall–Kier alpha value is -3.13. The van der Waals surface area contributed by atoms with Crippen molar-refractivity contribution in [2.45, 2.75) is 32.4 Å². The Balaban J connectivity index is 1.63. The van der Waals surface area contributed by atoms with Gasteiger partial charge in [0.1, 0.15) is 12.4 Å². The Bertz CT molecular complexity index is 897. The standard InChI is InChI=1S/C19H23N5O3/c1-3-14(25)11-27-18-15-10-20-17(9-16(15)23-24-18)22-19(26)21-12(2)13-7-5-4-6-8-13/h4-10,12,14,25H,3,11H2,1-2H3,(H,23,24)(H2,20,21,22,26)/t12-,14?/m1/s1. The van der Waals surface area contributed by atoms with Crippen LogP contribution in [0.3, 0.4) is 0 Å². The third-order valence-corrected chi connectivity index (χ3v) is 4.18. The summed E-state index contributed by atoms with van der Waals surface area (Å²) < 4.78 is 5.50. The molecule has 0 bridgehead atoms. The molecule has 0 saturated carbocycles. The normalized spacial score (nSPS) is 13.1. The lowest BCUT2D eigenvalue weighted by Crippen LogP contribution is -2.31. The van der Waals surface area contributed by atoms with E-state index in [2.05, 4.69) is 25.8 Å². The van der Waals surface area contributed by atoms with Crippen LogP contribution in [0.5, 0.6) is 5.88 Å². The van der Waals surface area contributed by atoms with Gasteiger partial charge in [-0.2, -0.15) is 0 Å². The monoisotopic (exact) mass is 369 g/mol. The fourth-order valence-corrected chi connectivity index (χ4v) is 2.53. The van der Waals surface area contributed by atoms with Gasteiger partial charge in [0.15, 0.2) is 0 Å². The number of aliphatic hydroxyl groups is 1. The molecule has 0 saturated heterocycles. The number of aromatic amines is 1. The molecule has 142 valence electrons. The lowest BCUT2D eigenvalue weighted by molar-refractivity contribution is 0.102. The average Bonchev–Trinajstić information content (AvgIpc) is 3.08. The number of nitrogens with one attached hydrogen (secondary N) is 3. The third kappa shape index (κ3) is 4.73. The van der Waals surface area contributed by atoms with Crippen LogP contribution in [0.25, 0.3) is 10.9 Å². The van der Waals surface area contributed by atoms with Gasteiger partial charge in [-0.1, -0.05) is 37.3 Å². The molecule has 1 aromatic carbocycles. The topological polar surface area (TPSA) is 112 Å². The number of anilines is 1. The van der Waals surface area contributed by atoms with Crippen molar-refractivity contribution in [3.05, 3.63) is 48.2 Å². The summed E-state index contributed by atoms with van der Waals surface area (Å²) in [4.78, 5) is 16.4. The Morgan fingerprint density at radius 2 is 2.11 bits per heavy atom. The van der Waals surface area contributed by atoms with Gasteiger partial charge in [-0.15, -0.1) is 5.10 Å². The van der Waals surface area contributed by atoms with Crippen molar-refractivity contribution in [3.63, 3.8) is 0 Å². The first-order valence-electron chi connectivity index (χ1n) is 8.84. The fourth-order valence-electron chi connectivity index (χ4n) is 2.53. The smallest absolute Gasteiger partial charge is 0.320 e. The number of hydrogen-bond acceptors (Lipinski definition) is 5. The number of amides is 2. The van der Waals surface area contributed by atoms with Crippen LogP contribution in [-0.4, -0.2) is 39.0 Å². The van der Waals surface area contributed by atoms with Crippen molar-refractivity contribution in [3.8, 4) is 5.88 Å².